The maximum atomic E-state index is 10.1. The topological polar surface area (TPSA) is 57.2 Å². The number of hydrogen-bond acceptors (Lipinski definition) is 5. The molecule has 1 N–H and O–H groups in total. The summed E-state index contributed by atoms with van der Waals surface area (Å²) in [5.74, 6) is 2.58. The minimum atomic E-state index is -0.874. The molecule has 2 aromatic rings. The van der Waals surface area contributed by atoms with Crippen molar-refractivity contribution in [1.82, 2.24) is 0 Å². The van der Waals surface area contributed by atoms with Gasteiger partial charge in [-0.1, -0.05) is 6.07 Å². The first-order valence-corrected chi connectivity index (χ1v) is 8.30. The summed E-state index contributed by atoms with van der Waals surface area (Å²) in [6.45, 7) is 0. The number of rotatable bonds is 4. The van der Waals surface area contributed by atoms with Crippen LogP contribution in [0.25, 0.3) is 0 Å². The number of fused-ring (bicyclic) bond motifs is 1. The lowest BCUT2D eigenvalue weighted by Crippen LogP contribution is -2.25. The molecule has 3 rings (SSSR count). The van der Waals surface area contributed by atoms with E-state index in [1.807, 2.05) is 24.3 Å². The van der Waals surface area contributed by atoms with Gasteiger partial charge in [0, 0.05) is 24.0 Å². The molecule has 0 saturated heterocycles. The van der Waals surface area contributed by atoms with Crippen molar-refractivity contribution in [2.45, 2.75) is 18.6 Å². The molecule has 0 amide bonds. The zero-order valence-corrected chi connectivity index (χ0v) is 15.3. The van der Waals surface area contributed by atoms with E-state index < -0.39 is 6.29 Å². The molecule has 0 aliphatic carbocycles. The van der Waals surface area contributed by atoms with Crippen LogP contribution in [0.2, 0.25) is 0 Å². The second-order valence-corrected chi connectivity index (χ2v) is 6.36. The summed E-state index contributed by atoms with van der Waals surface area (Å²) in [6, 6.07) is 9.57. The highest BCUT2D eigenvalue weighted by Crippen LogP contribution is 2.45. The normalized spacial score (nSPS) is 19.2. The van der Waals surface area contributed by atoms with E-state index in [1.54, 1.807) is 27.4 Å². The summed E-state index contributed by atoms with van der Waals surface area (Å²) >= 11 is 3.52. The van der Waals surface area contributed by atoms with Crippen LogP contribution in [0.15, 0.2) is 34.8 Å². The van der Waals surface area contributed by atoms with Crippen molar-refractivity contribution in [1.29, 1.82) is 0 Å². The number of aliphatic hydroxyl groups excluding tert-OH is 1. The molecule has 2 aromatic carbocycles. The standard InChI is InChI=1S/C18H19BrO5/c1-21-11-4-5-12-13(9-17(20)24-15(12)8-11)10-6-14(19)18(23-3)16(7-10)22-2/h4-8,13,17,20H,9H2,1-3H3. The van der Waals surface area contributed by atoms with Gasteiger partial charge in [0.2, 0.25) is 0 Å². The zero-order valence-electron chi connectivity index (χ0n) is 13.7. The minimum Gasteiger partial charge on any atom is -0.497 e. The highest BCUT2D eigenvalue weighted by atomic mass is 79.9. The smallest absolute Gasteiger partial charge is 0.198 e. The number of ether oxygens (including phenoxy) is 4. The van der Waals surface area contributed by atoms with Crippen LogP contribution in [0.3, 0.4) is 0 Å². The lowest BCUT2D eigenvalue weighted by Gasteiger charge is -2.30. The van der Waals surface area contributed by atoms with Crippen LogP contribution >= 0.6 is 15.9 Å². The van der Waals surface area contributed by atoms with Crippen LogP contribution in [0.5, 0.6) is 23.0 Å². The third-order valence-corrected chi connectivity index (χ3v) is 4.74. The van der Waals surface area contributed by atoms with E-state index in [-0.39, 0.29) is 5.92 Å². The number of methoxy groups -OCH3 is 3. The van der Waals surface area contributed by atoms with Crippen LogP contribution in [0, 0.1) is 0 Å². The van der Waals surface area contributed by atoms with Crippen LogP contribution < -0.4 is 18.9 Å². The van der Waals surface area contributed by atoms with Gasteiger partial charge in [0.05, 0.1) is 25.8 Å². The monoisotopic (exact) mass is 394 g/mol. The summed E-state index contributed by atoms with van der Waals surface area (Å²) in [6.07, 6.45) is -0.414. The molecular weight excluding hydrogens is 376 g/mol. The Labute approximate surface area is 149 Å². The summed E-state index contributed by atoms with van der Waals surface area (Å²) in [5.41, 5.74) is 2.01. The first kappa shape index (κ1) is 16.9. The Hall–Kier alpha value is -1.92. The van der Waals surface area contributed by atoms with Gasteiger partial charge in [-0.2, -0.15) is 0 Å². The van der Waals surface area contributed by atoms with E-state index in [0.717, 1.165) is 15.6 Å². The number of hydrogen-bond donors (Lipinski definition) is 1. The summed E-state index contributed by atoms with van der Waals surface area (Å²) in [7, 11) is 4.80. The van der Waals surface area contributed by atoms with Crippen molar-refractivity contribution >= 4 is 15.9 Å². The highest BCUT2D eigenvalue weighted by molar-refractivity contribution is 9.10. The zero-order chi connectivity index (χ0) is 17.3. The van der Waals surface area contributed by atoms with Crippen molar-refractivity contribution in [3.8, 4) is 23.0 Å². The molecule has 0 fully saturated rings. The number of benzene rings is 2. The van der Waals surface area contributed by atoms with Crippen molar-refractivity contribution in [3.05, 3.63) is 45.9 Å². The molecule has 24 heavy (non-hydrogen) atoms. The molecule has 0 spiro atoms. The van der Waals surface area contributed by atoms with Crippen LogP contribution in [-0.4, -0.2) is 32.7 Å². The Morgan fingerprint density at radius 1 is 1.08 bits per heavy atom. The molecule has 0 saturated carbocycles. The van der Waals surface area contributed by atoms with E-state index in [0.29, 0.717) is 29.4 Å². The molecule has 0 radical (unpaired) electrons. The first-order valence-electron chi connectivity index (χ1n) is 7.51. The number of aliphatic hydroxyl groups is 1. The van der Waals surface area contributed by atoms with Gasteiger partial charge < -0.3 is 24.1 Å². The first-order chi connectivity index (χ1) is 11.6. The minimum absolute atomic E-state index is 0.0224. The van der Waals surface area contributed by atoms with E-state index in [1.165, 1.54) is 0 Å². The van der Waals surface area contributed by atoms with E-state index >= 15 is 0 Å². The van der Waals surface area contributed by atoms with Gasteiger partial charge in [0.15, 0.2) is 17.8 Å². The van der Waals surface area contributed by atoms with Crippen LogP contribution in [-0.2, 0) is 0 Å². The van der Waals surface area contributed by atoms with Gasteiger partial charge >= 0.3 is 0 Å². The number of halogens is 1. The molecule has 5 nitrogen and oxygen atoms in total. The SMILES string of the molecule is COc1ccc2c(c1)OC(O)CC2c1cc(Br)c(OC)c(OC)c1. The molecule has 6 heteroatoms. The van der Waals surface area contributed by atoms with Crippen molar-refractivity contribution < 1.29 is 24.1 Å². The van der Waals surface area contributed by atoms with Gasteiger partial charge in [-0.05, 0) is 39.7 Å². The Kier molecular flexibility index (Phi) is 4.87. The maximum absolute atomic E-state index is 10.1. The third kappa shape index (κ3) is 3.03. The third-order valence-electron chi connectivity index (χ3n) is 4.15. The fourth-order valence-corrected chi connectivity index (χ4v) is 3.63. The van der Waals surface area contributed by atoms with Crippen LogP contribution in [0.1, 0.15) is 23.5 Å². The Balaban J connectivity index is 2.09. The molecule has 1 aliphatic heterocycles. The van der Waals surface area contributed by atoms with Crippen molar-refractivity contribution in [3.63, 3.8) is 0 Å². The second-order valence-electron chi connectivity index (χ2n) is 5.50. The van der Waals surface area contributed by atoms with E-state index in [2.05, 4.69) is 15.9 Å². The lowest BCUT2D eigenvalue weighted by atomic mass is 9.86. The van der Waals surface area contributed by atoms with Gasteiger partial charge in [-0.25, -0.2) is 0 Å². The molecule has 128 valence electrons. The predicted molar refractivity (Wildman–Crippen MR) is 93.3 cm³/mol. The van der Waals surface area contributed by atoms with E-state index in [9.17, 15) is 5.11 Å². The maximum Gasteiger partial charge on any atom is 0.198 e. The molecule has 2 unspecified atom stereocenters. The molecule has 2 atom stereocenters. The molecule has 1 heterocycles. The second kappa shape index (κ2) is 6.91. The van der Waals surface area contributed by atoms with Gasteiger partial charge in [-0.15, -0.1) is 0 Å². The average Bonchev–Trinajstić information content (AvgIpc) is 2.59. The van der Waals surface area contributed by atoms with Gasteiger partial charge in [-0.3, -0.25) is 0 Å². The predicted octanol–water partition coefficient (Wildman–Crippen LogP) is 3.71. The van der Waals surface area contributed by atoms with Gasteiger partial charge in [0.1, 0.15) is 11.5 Å². The fraction of sp³-hybridized carbons (Fsp3) is 0.333. The van der Waals surface area contributed by atoms with Crippen molar-refractivity contribution in [2.75, 3.05) is 21.3 Å². The fourth-order valence-electron chi connectivity index (χ4n) is 3.01. The molecule has 0 aromatic heterocycles. The quantitative estimate of drug-likeness (QED) is 0.856. The summed E-state index contributed by atoms with van der Waals surface area (Å²) in [5, 5.41) is 10.1. The molecule has 0 bridgehead atoms. The summed E-state index contributed by atoms with van der Waals surface area (Å²) < 4.78 is 22.4. The molecule has 1 aliphatic rings. The van der Waals surface area contributed by atoms with E-state index in [4.69, 9.17) is 18.9 Å². The highest BCUT2D eigenvalue weighted by Gasteiger charge is 2.30. The Morgan fingerprint density at radius 3 is 2.54 bits per heavy atom. The summed E-state index contributed by atoms with van der Waals surface area (Å²) in [4.78, 5) is 0. The average molecular weight is 395 g/mol. The van der Waals surface area contributed by atoms with Crippen molar-refractivity contribution in [2.24, 2.45) is 0 Å². The van der Waals surface area contributed by atoms with Gasteiger partial charge in [0.25, 0.3) is 0 Å². The Bertz CT molecular complexity index is 746. The largest absolute Gasteiger partial charge is 0.497 e. The van der Waals surface area contributed by atoms with Crippen LogP contribution in [0.4, 0.5) is 0 Å². The lowest BCUT2D eigenvalue weighted by molar-refractivity contribution is -0.0360. The molecular formula is C18H19BrO5. The Morgan fingerprint density at radius 2 is 1.88 bits per heavy atom.